The number of nitrogens with two attached hydrogens (primary N) is 1. The monoisotopic (exact) mass is 280 g/mol. The van der Waals surface area contributed by atoms with E-state index in [0.29, 0.717) is 0 Å². The first kappa shape index (κ1) is 13.8. The molecule has 0 aliphatic carbocycles. The molecule has 2 N–H and O–H groups in total. The predicted molar refractivity (Wildman–Crippen MR) is 85.2 cm³/mol. The molecule has 0 bridgehead atoms. The molecular formula is C18H20N2O. The van der Waals surface area contributed by atoms with E-state index in [2.05, 4.69) is 13.0 Å². The summed E-state index contributed by atoms with van der Waals surface area (Å²) in [5, 5.41) is 0. The molecule has 1 aliphatic heterocycles. The van der Waals surface area contributed by atoms with Crippen LogP contribution in [-0.4, -0.2) is 11.9 Å². The highest BCUT2D eigenvalue weighted by Crippen LogP contribution is 2.33. The highest BCUT2D eigenvalue weighted by Gasteiger charge is 2.33. The Morgan fingerprint density at radius 3 is 2.57 bits per heavy atom. The van der Waals surface area contributed by atoms with Crippen LogP contribution in [0.3, 0.4) is 0 Å². The zero-order chi connectivity index (χ0) is 15.0. The van der Waals surface area contributed by atoms with E-state index in [1.807, 2.05) is 54.3 Å². The second-order valence-corrected chi connectivity index (χ2v) is 5.78. The molecule has 3 nitrogen and oxygen atoms in total. The summed E-state index contributed by atoms with van der Waals surface area (Å²) in [6.07, 6.45) is 0.891. The summed E-state index contributed by atoms with van der Waals surface area (Å²) in [5.74, 6) is -0.0312. The number of amides is 1. The largest absolute Gasteiger partial charge is 0.316 e. The smallest absolute Gasteiger partial charge is 0.248 e. The maximum absolute atomic E-state index is 12.8. The van der Waals surface area contributed by atoms with Gasteiger partial charge in [-0.1, -0.05) is 48.0 Å². The number of carbonyl (C=O) groups excluding carboxylic acids is 1. The summed E-state index contributed by atoms with van der Waals surface area (Å²) in [6, 6.07) is 15.5. The molecule has 108 valence electrons. The van der Waals surface area contributed by atoms with Crippen molar-refractivity contribution in [3.05, 3.63) is 65.2 Å². The zero-order valence-electron chi connectivity index (χ0n) is 12.4. The van der Waals surface area contributed by atoms with Crippen LogP contribution in [0.5, 0.6) is 0 Å². The molecule has 0 spiro atoms. The van der Waals surface area contributed by atoms with Crippen molar-refractivity contribution in [2.45, 2.75) is 32.4 Å². The summed E-state index contributed by atoms with van der Waals surface area (Å²) in [4.78, 5) is 14.7. The first-order chi connectivity index (χ1) is 10.1. The van der Waals surface area contributed by atoms with Gasteiger partial charge in [0.05, 0.1) is 0 Å². The van der Waals surface area contributed by atoms with Crippen molar-refractivity contribution in [3.8, 4) is 0 Å². The van der Waals surface area contributed by atoms with Gasteiger partial charge in [-0.2, -0.15) is 0 Å². The molecule has 2 atom stereocenters. The average molecular weight is 280 g/mol. The van der Waals surface area contributed by atoms with E-state index < -0.39 is 6.04 Å². The number of nitrogens with zero attached hydrogens (tertiary/aromatic N) is 1. The lowest BCUT2D eigenvalue weighted by Gasteiger charge is -2.26. The molecule has 0 fully saturated rings. The predicted octanol–water partition coefficient (Wildman–Crippen LogP) is 2.97. The van der Waals surface area contributed by atoms with Crippen LogP contribution in [-0.2, 0) is 11.2 Å². The molecule has 2 aromatic carbocycles. The summed E-state index contributed by atoms with van der Waals surface area (Å²) in [6.45, 7) is 4.09. The SMILES string of the molecule is Cc1ccc(C(N)C(=O)N2c3ccccc3CC2C)cc1. The number of anilines is 1. The normalized spacial score (nSPS) is 18.4. The fourth-order valence-electron chi connectivity index (χ4n) is 2.97. The van der Waals surface area contributed by atoms with Crippen molar-refractivity contribution in [2.24, 2.45) is 5.73 Å². The first-order valence-corrected chi connectivity index (χ1v) is 7.31. The summed E-state index contributed by atoms with van der Waals surface area (Å²) in [7, 11) is 0. The second-order valence-electron chi connectivity index (χ2n) is 5.78. The molecule has 3 heteroatoms. The van der Waals surface area contributed by atoms with E-state index in [4.69, 9.17) is 5.73 Å². The molecule has 0 saturated heterocycles. The number of rotatable bonds is 2. The minimum atomic E-state index is -0.612. The van der Waals surface area contributed by atoms with Crippen molar-refractivity contribution < 1.29 is 4.79 Å². The van der Waals surface area contributed by atoms with Crippen LogP contribution in [0.15, 0.2) is 48.5 Å². The molecule has 1 aliphatic rings. The Morgan fingerprint density at radius 2 is 1.86 bits per heavy atom. The second kappa shape index (κ2) is 5.34. The Kier molecular flexibility index (Phi) is 3.52. The van der Waals surface area contributed by atoms with E-state index in [1.165, 1.54) is 11.1 Å². The van der Waals surface area contributed by atoms with Gasteiger partial charge in [0, 0.05) is 11.7 Å². The van der Waals surface area contributed by atoms with Gasteiger partial charge >= 0.3 is 0 Å². The van der Waals surface area contributed by atoms with Gasteiger partial charge in [0.2, 0.25) is 5.91 Å². The van der Waals surface area contributed by atoms with Crippen molar-refractivity contribution in [1.82, 2.24) is 0 Å². The lowest BCUT2D eigenvalue weighted by Crippen LogP contribution is -2.41. The fraction of sp³-hybridized carbons (Fsp3) is 0.278. The van der Waals surface area contributed by atoms with Gasteiger partial charge < -0.3 is 10.6 Å². The Labute approximate surface area is 125 Å². The van der Waals surface area contributed by atoms with Crippen LogP contribution in [0, 0.1) is 6.92 Å². The number of aryl methyl sites for hydroxylation is 1. The molecule has 2 aromatic rings. The van der Waals surface area contributed by atoms with Gasteiger partial charge in [0.15, 0.2) is 0 Å². The Bertz CT molecular complexity index is 663. The van der Waals surface area contributed by atoms with Gasteiger partial charge in [0.1, 0.15) is 6.04 Å². The van der Waals surface area contributed by atoms with Crippen LogP contribution in [0.4, 0.5) is 5.69 Å². The van der Waals surface area contributed by atoms with Crippen molar-refractivity contribution in [2.75, 3.05) is 4.90 Å². The van der Waals surface area contributed by atoms with Gasteiger partial charge in [-0.25, -0.2) is 0 Å². The molecule has 0 saturated carbocycles. The van der Waals surface area contributed by atoms with Gasteiger partial charge in [-0.05, 0) is 37.5 Å². The number of fused-ring (bicyclic) bond motifs is 1. The number of carbonyl (C=O) groups is 1. The highest BCUT2D eigenvalue weighted by atomic mass is 16.2. The topological polar surface area (TPSA) is 46.3 Å². The minimum absolute atomic E-state index is 0.0312. The third kappa shape index (κ3) is 2.45. The third-order valence-electron chi connectivity index (χ3n) is 4.15. The number of benzene rings is 2. The molecule has 3 rings (SSSR count). The Balaban J connectivity index is 1.90. The van der Waals surface area contributed by atoms with Crippen LogP contribution >= 0.6 is 0 Å². The van der Waals surface area contributed by atoms with Crippen molar-refractivity contribution >= 4 is 11.6 Å². The van der Waals surface area contributed by atoms with Crippen molar-refractivity contribution in [3.63, 3.8) is 0 Å². The van der Waals surface area contributed by atoms with Crippen molar-refractivity contribution in [1.29, 1.82) is 0 Å². The van der Waals surface area contributed by atoms with Crippen LogP contribution < -0.4 is 10.6 Å². The fourth-order valence-corrected chi connectivity index (χ4v) is 2.97. The van der Waals surface area contributed by atoms with E-state index in [9.17, 15) is 4.79 Å². The molecule has 2 unspecified atom stereocenters. The van der Waals surface area contributed by atoms with E-state index in [1.54, 1.807) is 0 Å². The van der Waals surface area contributed by atoms with E-state index in [-0.39, 0.29) is 11.9 Å². The van der Waals surface area contributed by atoms with Crippen LogP contribution in [0.1, 0.15) is 29.7 Å². The number of hydrogen-bond acceptors (Lipinski definition) is 2. The molecule has 0 aromatic heterocycles. The molecule has 1 heterocycles. The lowest BCUT2D eigenvalue weighted by molar-refractivity contribution is -0.120. The maximum atomic E-state index is 12.8. The average Bonchev–Trinajstić information content (AvgIpc) is 2.82. The molecule has 0 radical (unpaired) electrons. The number of para-hydroxylation sites is 1. The van der Waals surface area contributed by atoms with Crippen LogP contribution in [0.2, 0.25) is 0 Å². The maximum Gasteiger partial charge on any atom is 0.248 e. The van der Waals surface area contributed by atoms with E-state index in [0.717, 1.165) is 17.7 Å². The first-order valence-electron chi connectivity index (χ1n) is 7.31. The molecular weight excluding hydrogens is 260 g/mol. The lowest BCUT2D eigenvalue weighted by atomic mass is 10.0. The zero-order valence-corrected chi connectivity index (χ0v) is 12.4. The van der Waals surface area contributed by atoms with E-state index >= 15 is 0 Å². The standard InChI is InChI=1S/C18H20N2O/c1-12-7-9-14(10-8-12)17(19)18(21)20-13(2)11-15-5-3-4-6-16(15)20/h3-10,13,17H,11,19H2,1-2H3. The third-order valence-corrected chi connectivity index (χ3v) is 4.15. The summed E-state index contributed by atoms with van der Waals surface area (Å²) < 4.78 is 0. The molecule has 1 amide bonds. The highest BCUT2D eigenvalue weighted by molar-refractivity contribution is 6.00. The van der Waals surface area contributed by atoms with Gasteiger partial charge in [-0.15, -0.1) is 0 Å². The Hall–Kier alpha value is -2.13. The van der Waals surface area contributed by atoms with Crippen LogP contribution in [0.25, 0.3) is 0 Å². The molecule has 21 heavy (non-hydrogen) atoms. The van der Waals surface area contributed by atoms with Gasteiger partial charge in [-0.3, -0.25) is 4.79 Å². The summed E-state index contributed by atoms with van der Waals surface area (Å²) in [5.41, 5.74) is 10.4. The summed E-state index contributed by atoms with van der Waals surface area (Å²) >= 11 is 0. The van der Waals surface area contributed by atoms with Gasteiger partial charge in [0.25, 0.3) is 0 Å². The minimum Gasteiger partial charge on any atom is -0.316 e. The number of hydrogen-bond donors (Lipinski definition) is 1. The Morgan fingerprint density at radius 1 is 1.19 bits per heavy atom. The quantitative estimate of drug-likeness (QED) is 0.919.